The standard InChI is InChI=1S/C16H20F2N4O2/c1-11-8-14(22(3)20-11)19-15(23)10-21(2)9-12-4-6-13(7-5-12)24-16(17)18/h4-8,16H,9-10H2,1-3H3,(H,19,23). The van der Waals surface area contributed by atoms with Gasteiger partial charge in [-0.05, 0) is 31.7 Å². The zero-order valence-electron chi connectivity index (χ0n) is 13.8. The summed E-state index contributed by atoms with van der Waals surface area (Å²) < 4.78 is 30.1. The molecule has 130 valence electrons. The van der Waals surface area contributed by atoms with Crippen LogP contribution in [0.5, 0.6) is 5.75 Å². The first kappa shape index (κ1) is 17.9. The third-order valence-corrected chi connectivity index (χ3v) is 3.28. The zero-order valence-corrected chi connectivity index (χ0v) is 13.8. The number of aryl methyl sites for hydroxylation is 2. The fourth-order valence-electron chi connectivity index (χ4n) is 2.30. The number of halogens is 2. The molecule has 0 aliphatic rings. The summed E-state index contributed by atoms with van der Waals surface area (Å²) in [5.74, 6) is 0.596. The van der Waals surface area contributed by atoms with Gasteiger partial charge in [-0.1, -0.05) is 12.1 Å². The second-order valence-electron chi connectivity index (χ2n) is 5.54. The first-order chi connectivity index (χ1) is 11.3. The van der Waals surface area contributed by atoms with Gasteiger partial charge >= 0.3 is 6.61 Å². The lowest BCUT2D eigenvalue weighted by Crippen LogP contribution is -2.30. The van der Waals surface area contributed by atoms with Gasteiger partial charge in [-0.3, -0.25) is 14.4 Å². The van der Waals surface area contributed by atoms with Crippen LogP contribution in [0.3, 0.4) is 0 Å². The predicted octanol–water partition coefficient (Wildman–Crippen LogP) is 2.40. The van der Waals surface area contributed by atoms with Crippen molar-refractivity contribution in [1.29, 1.82) is 0 Å². The first-order valence-electron chi connectivity index (χ1n) is 7.36. The number of carbonyl (C=O) groups is 1. The van der Waals surface area contributed by atoms with E-state index in [1.54, 1.807) is 37.0 Å². The molecular formula is C16H20F2N4O2. The highest BCUT2D eigenvalue weighted by molar-refractivity contribution is 5.91. The lowest BCUT2D eigenvalue weighted by molar-refractivity contribution is -0.117. The Morgan fingerprint density at radius 1 is 1.38 bits per heavy atom. The van der Waals surface area contributed by atoms with Crippen molar-refractivity contribution in [3.63, 3.8) is 0 Å². The molecule has 1 heterocycles. The van der Waals surface area contributed by atoms with Gasteiger partial charge < -0.3 is 10.1 Å². The molecule has 0 unspecified atom stereocenters. The Balaban J connectivity index is 1.84. The molecular weight excluding hydrogens is 318 g/mol. The molecule has 1 amide bonds. The Hall–Kier alpha value is -2.48. The summed E-state index contributed by atoms with van der Waals surface area (Å²) in [6, 6.07) is 8.13. The van der Waals surface area contributed by atoms with Crippen LogP contribution < -0.4 is 10.1 Å². The Labute approximate surface area is 139 Å². The van der Waals surface area contributed by atoms with Crippen LogP contribution in [0.4, 0.5) is 14.6 Å². The number of likely N-dealkylation sites (N-methyl/N-ethyl adjacent to an activating group) is 1. The summed E-state index contributed by atoms with van der Waals surface area (Å²) in [4.78, 5) is 13.9. The number of alkyl halides is 2. The van der Waals surface area contributed by atoms with E-state index < -0.39 is 6.61 Å². The minimum Gasteiger partial charge on any atom is -0.435 e. The highest BCUT2D eigenvalue weighted by Gasteiger charge is 2.11. The van der Waals surface area contributed by atoms with E-state index in [2.05, 4.69) is 15.2 Å². The highest BCUT2D eigenvalue weighted by Crippen LogP contribution is 2.15. The van der Waals surface area contributed by atoms with Gasteiger partial charge in [-0.2, -0.15) is 13.9 Å². The number of nitrogens with zero attached hydrogens (tertiary/aromatic N) is 3. The average Bonchev–Trinajstić information content (AvgIpc) is 2.78. The van der Waals surface area contributed by atoms with Crippen molar-refractivity contribution in [3.05, 3.63) is 41.6 Å². The number of amides is 1. The van der Waals surface area contributed by atoms with Crippen molar-refractivity contribution >= 4 is 11.7 Å². The summed E-state index contributed by atoms with van der Waals surface area (Å²) in [5, 5.41) is 6.96. The fraction of sp³-hybridized carbons (Fsp3) is 0.375. The third-order valence-electron chi connectivity index (χ3n) is 3.28. The Morgan fingerprint density at radius 3 is 2.58 bits per heavy atom. The average molecular weight is 338 g/mol. The molecule has 0 saturated heterocycles. The van der Waals surface area contributed by atoms with Gasteiger partial charge in [0.1, 0.15) is 11.6 Å². The molecule has 1 aromatic carbocycles. The summed E-state index contributed by atoms with van der Waals surface area (Å²) >= 11 is 0. The largest absolute Gasteiger partial charge is 0.435 e. The van der Waals surface area contributed by atoms with Crippen molar-refractivity contribution < 1.29 is 18.3 Å². The number of hydrogen-bond acceptors (Lipinski definition) is 4. The van der Waals surface area contributed by atoms with Crippen molar-refractivity contribution in [2.24, 2.45) is 7.05 Å². The van der Waals surface area contributed by atoms with Gasteiger partial charge in [-0.15, -0.1) is 0 Å². The lowest BCUT2D eigenvalue weighted by atomic mass is 10.2. The normalized spacial score (nSPS) is 11.1. The lowest BCUT2D eigenvalue weighted by Gasteiger charge is -2.16. The Morgan fingerprint density at radius 2 is 2.04 bits per heavy atom. The second kappa shape index (κ2) is 7.87. The van der Waals surface area contributed by atoms with E-state index in [0.29, 0.717) is 12.4 Å². The monoisotopic (exact) mass is 338 g/mol. The maximum absolute atomic E-state index is 12.1. The maximum atomic E-state index is 12.1. The van der Waals surface area contributed by atoms with E-state index >= 15 is 0 Å². The number of benzene rings is 1. The van der Waals surface area contributed by atoms with Crippen molar-refractivity contribution in [2.75, 3.05) is 18.9 Å². The highest BCUT2D eigenvalue weighted by atomic mass is 19.3. The molecule has 0 aliphatic carbocycles. The maximum Gasteiger partial charge on any atom is 0.387 e. The third kappa shape index (κ3) is 5.31. The van der Waals surface area contributed by atoms with Crippen molar-refractivity contribution in [2.45, 2.75) is 20.1 Å². The Kier molecular flexibility index (Phi) is 5.86. The molecule has 0 spiro atoms. The molecule has 1 N–H and O–H groups in total. The topological polar surface area (TPSA) is 59.4 Å². The van der Waals surface area contributed by atoms with Gasteiger partial charge in [-0.25, -0.2) is 0 Å². The van der Waals surface area contributed by atoms with E-state index in [9.17, 15) is 13.6 Å². The number of rotatable bonds is 7. The number of anilines is 1. The molecule has 8 heteroatoms. The molecule has 0 aliphatic heterocycles. The van der Waals surface area contributed by atoms with Crippen LogP contribution in [0, 0.1) is 6.92 Å². The van der Waals surface area contributed by atoms with Gasteiger partial charge in [0.2, 0.25) is 5.91 Å². The van der Waals surface area contributed by atoms with Crippen LogP contribution in [0.25, 0.3) is 0 Å². The first-order valence-corrected chi connectivity index (χ1v) is 7.36. The zero-order chi connectivity index (χ0) is 17.7. The molecule has 0 bridgehead atoms. The summed E-state index contributed by atoms with van der Waals surface area (Å²) in [5.41, 5.74) is 1.72. The van der Waals surface area contributed by atoms with E-state index in [1.165, 1.54) is 12.1 Å². The van der Waals surface area contributed by atoms with Crippen LogP contribution in [-0.2, 0) is 18.4 Å². The smallest absolute Gasteiger partial charge is 0.387 e. The number of aromatic nitrogens is 2. The molecule has 0 atom stereocenters. The second-order valence-corrected chi connectivity index (χ2v) is 5.54. The van der Waals surface area contributed by atoms with Crippen LogP contribution in [0.15, 0.2) is 30.3 Å². The molecule has 2 rings (SSSR count). The number of nitrogens with one attached hydrogen (secondary N) is 1. The minimum atomic E-state index is -2.84. The van der Waals surface area contributed by atoms with Crippen LogP contribution >= 0.6 is 0 Å². The van der Waals surface area contributed by atoms with E-state index in [0.717, 1.165) is 11.3 Å². The SMILES string of the molecule is Cc1cc(NC(=O)CN(C)Cc2ccc(OC(F)F)cc2)n(C)n1. The van der Waals surface area contributed by atoms with E-state index in [4.69, 9.17) is 0 Å². The number of carbonyl (C=O) groups excluding carboxylic acids is 1. The minimum absolute atomic E-state index is 0.112. The molecule has 0 saturated carbocycles. The molecule has 24 heavy (non-hydrogen) atoms. The summed E-state index contributed by atoms with van der Waals surface area (Å²) in [7, 11) is 3.56. The van der Waals surface area contributed by atoms with Gasteiger partial charge in [0.15, 0.2) is 0 Å². The van der Waals surface area contributed by atoms with E-state index in [1.807, 2.05) is 11.8 Å². The number of hydrogen-bond donors (Lipinski definition) is 1. The molecule has 6 nitrogen and oxygen atoms in total. The van der Waals surface area contributed by atoms with Crippen LogP contribution in [0.1, 0.15) is 11.3 Å². The van der Waals surface area contributed by atoms with Gasteiger partial charge in [0.05, 0.1) is 12.2 Å². The van der Waals surface area contributed by atoms with Gasteiger partial charge in [0.25, 0.3) is 0 Å². The van der Waals surface area contributed by atoms with E-state index in [-0.39, 0.29) is 18.2 Å². The Bertz CT molecular complexity index is 686. The van der Waals surface area contributed by atoms with Crippen molar-refractivity contribution in [1.82, 2.24) is 14.7 Å². The van der Waals surface area contributed by atoms with Gasteiger partial charge in [0, 0.05) is 19.7 Å². The fourth-order valence-corrected chi connectivity index (χ4v) is 2.30. The summed E-state index contributed by atoms with van der Waals surface area (Å²) in [6.07, 6.45) is 0. The van der Waals surface area contributed by atoms with Crippen LogP contribution in [0.2, 0.25) is 0 Å². The molecule has 0 fully saturated rings. The molecule has 1 aromatic heterocycles. The van der Waals surface area contributed by atoms with Crippen LogP contribution in [-0.4, -0.2) is 40.8 Å². The predicted molar refractivity (Wildman–Crippen MR) is 86.0 cm³/mol. The number of ether oxygens (including phenoxy) is 1. The molecule has 2 aromatic rings. The summed E-state index contributed by atoms with van der Waals surface area (Å²) in [6.45, 7) is -0.284. The quantitative estimate of drug-likeness (QED) is 0.842. The van der Waals surface area contributed by atoms with Crippen molar-refractivity contribution in [3.8, 4) is 5.75 Å². The molecule has 0 radical (unpaired) electrons.